The molecule has 2 aromatic rings. The lowest BCUT2D eigenvalue weighted by molar-refractivity contribution is 0.916. The van der Waals surface area contributed by atoms with Gasteiger partial charge in [0, 0.05) is 6.07 Å². The number of aromatic nitrogens is 3. The molecule has 0 aliphatic heterocycles. The molecule has 2 heterocycles. The summed E-state index contributed by atoms with van der Waals surface area (Å²) in [5, 5.41) is 12.4. The minimum absolute atomic E-state index is 0.235. The van der Waals surface area contributed by atoms with Crippen molar-refractivity contribution in [2.45, 2.75) is 0 Å². The molecule has 5 nitrogen and oxygen atoms in total. The zero-order chi connectivity index (χ0) is 9.42. The van der Waals surface area contributed by atoms with Crippen molar-refractivity contribution in [3.8, 4) is 6.07 Å². The summed E-state index contributed by atoms with van der Waals surface area (Å²) in [5.74, 6) is 0. The molecule has 0 spiro atoms. The van der Waals surface area contributed by atoms with Gasteiger partial charge in [0.25, 0.3) is 5.56 Å². The number of nitriles is 1. The fourth-order valence-corrected chi connectivity index (χ4v) is 1.54. The predicted molar refractivity (Wildman–Crippen MR) is 53.2 cm³/mol. The average molecular weight is 286 g/mol. The molecule has 0 radical (unpaired) electrons. The molecule has 0 fully saturated rings. The van der Waals surface area contributed by atoms with Gasteiger partial charge in [-0.3, -0.25) is 4.79 Å². The van der Waals surface area contributed by atoms with Crippen molar-refractivity contribution < 1.29 is 0 Å². The van der Waals surface area contributed by atoms with E-state index in [-0.39, 0.29) is 11.3 Å². The number of nitrogens with one attached hydrogen (secondary N) is 1. The summed E-state index contributed by atoms with van der Waals surface area (Å²) in [7, 11) is 0. The summed E-state index contributed by atoms with van der Waals surface area (Å²) < 4.78 is 2.08. The second kappa shape index (κ2) is 2.85. The summed E-state index contributed by atoms with van der Waals surface area (Å²) in [6.45, 7) is 0. The first kappa shape index (κ1) is 8.25. The van der Waals surface area contributed by atoms with E-state index in [1.54, 1.807) is 6.20 Å². The summed E-state index contributed by atoms with van der Waals surface area (Å²) >= 11 is 1.98. The number of hydrogen-bond acceptors (Lipinski definition) is 3. The maximum absolute atomic E-state index is 11.3. The van der Waals surface area contributed by atoms with Gasteiger partial charge in [0.15, 0.2) is 5.69 Å². The Balaban J connectivity index is 2.93. The Morgan fingerprint density at radius 2 is 2.46 bits per heavy atom. The van der Waals surface area contributed by atoms with Gasteiger partial charge in [-0.2, -0.15) is 10.4 Å². The molecule has 0 atom stereocenters. The Morgan fingerprint density at radius 3 is 3.15 bits per heavy atom. The van der Waals surface area contributed by atoms with Crippen LogP contribution in [-0.2, 0) is 0 Å². The van der Waals surface area contributed by atoms with Crippen molar-refractivity contribution in [2.75, 3.05) is 0 Å². The molecule has 0 saturated carbocycles. The Morgan fingerprint density at radius 1 is 1.69 bits per heavy atom. The van der Waals surface area contributed by atoms with E-state index in [0.717, 1.165) is 0 Å². The van der Waals surface area contributed by atoms with Crippen molar-refractivity contribution in [1.82, 2.24) is 14.6 Å². The number of rotatable bonds is 0. The maximum atomic E-state index is 11.3. The van der Waals surface area contributed by atoms with Crippen LogP contribution in [0.25, 0.3) is 5.52 Å². The van der Waals surface area contributed by atoms with Crippen molar-refractivity contribution in [3.63, 3.8) is 0 Å². The minimum atomic E-state index is -0.235. The number of H-pyrrole nitrogens is 1. The smallest absolute Gasteiger partial charge is 0.274 e. The van der Waals surface area contributed by atoms with Gasteiger partial charge in [-0.1, -0.05) is 0 Å². The molecule has 0 amide bonds. The Bertz CT molecular complexity index is 562. The fraction of sp³-hybridized carbons (Fsp3) is 0. The third-order valence-electron chi connectivity index (χ3n) is 1.55. The van der Waals surface area contributed by atoms with Crippen LogP contribution in [0.4, 0.5) is 0 Å². The van der Waals surface area contributed by atoms with E-state index in [1.165, 1.54) is 10.6 Å². The molecule has 2 rings (SSSR count). The number of fused-ring (bicyclic) bond motifs is 1. The third-order valence-corrected chi connectivity index (χ3v) is 2.10. The molecule has 0 saturated heterocycles. The quantitative estimate of drug-likeness (QED) is 0.717. The Labute approximate surface area is 86.1 Å². The highest BCUT2D eigenvalue weighted by molar-refractivity contribution is 14.1. The molecule has 64 valence electrons. The van der Waals surface area contributed by atoms with Crippen LogP contribution in [0.1, 0.15) is 5.69 Å². The zero-order valence-electron chi connectivity index (χ0n) is 6.28. The van der Waals surface area contributed by atoms with Crippen LogP contribution in [0.3, 0.4) is 0 Å². The predicted octanol–water partition coefficient (Wildman–Crippen LogP) is 0.499. The van der Waals surface area contributed by atoms with Crippen LogP contribution in [0, 0.1) is 15.0 Å². The van der Waals surface area contributed by atoms with Gasteiger partial charge in [0.2, 0.25) is 0 Å². The van der Waals surface area contributed by atoms with Gasteiger partial charge in [0.05, 0.1) is 9.90 Å². The van der Waals surface area contributed by atoms with Gasteiger partial charge < -0.3 is 4.98 Å². The maximum Gasteiger partial charge on any atom is 0.274 e. The van der Waals surface area contributed by atoms with Gasteiger partial charge in [-0.05, 0) is 22.6 Å². The molecule has 0 aliphatic carbocycles. The van der Waals surface area contributed by atoms with Crippen LogP contribution < -0.4 is 5.56 Å². The van der Waals surface area contributed by atoms with Crippen molar-refractivity contribution in [2.24, 2.45) is 0 Å². The van der Waals surface area contributed by atoms with E-state index >= 15 is 0 Å². The van der Waals surface area contributed by atoms with Crippen LogP contribution >= 0.6 is 22.6 Å². The van der Waals surface area contributed by atoms with E-state index in [9.17, 15) is 4.79 Å². The highest BCUT2D eigenvalue weighted by atomic mass is 127. The van der Waals surface area contributed by atoms with Gasteiger partial charge >= 0.3 is 0 Å². The van der Waals surface area contributed by atoms with E-state index in [2.05, 4.69) is 10.1 Å². The SMILES string of the molecule is N#Cc1cc2c(=O)[nH]c(I)cn2n1. The van der Waals surface area contributed by atoms with Crippen LogP contribution in [0.15, 0.2) is 17.1 Å². The summed E-state index contributed by atoms with van der Waals surface area (Å²) in [6, 6.07) is 3.33. The second-order valence-electron chi connectivity index (χ2n) is 2.40. The Hall–Kier alpha value is -1.36. The zero-order valence-corrected chi connectivity index (χ0v) is 8.44. The average Bonchev–Trinajstić information content (AvgIpc) is 2.47. The summed E-state index contributed by atoms with van der Waals surface area (Å²) in [5.41, 5.74) is 0.394. The standard InChI is InChI=1S/C7H3IN4O/c8-6-3-12-5(7(13)10-6)1-4(2-9)11-12/h1,3H,(H,10,13). The number of aromatic amines is 1. The van der Waals surface area contributed by atoms with E-state index < -0.39 is 0 Å². The van der Waals surface area contributed by atoms with Crippen LogP contribution in [0.2, 0.25) is 0 Å². The van der Waals surface area contributed by atoms with Gasteiger partial charge in [-0.25, -0.2) is 4.52 Å². The number of nitrogens with zero attached hydrogens (tertiary/aromatic N) is 3. The fourth-order valence-electron chi connectivity index (χ4n) is 1.03. The minimum Gasteiger partial charge on any atom is -0.314 e. The molecule has 0 bridgehead atoms. The molecule has 0 unspecified atom stereocenters. The topological polar surface area (TPSA) is 74.0 Å². The first-order valence-electron chi connectivity index (χ1n) is 3.39. The normalized spacial score (nSPS) is 10.2. The van der Waals surface area contributed by atoms with Crippen molar-refractivity contribution >= 4 is 28.1 Å². The highest BCUT2D eigenvalue weighted by Gasteiger charge is 2.04. The molecule has 0 aromatic carbocycles. The van der Waals surface area contributed by atoms with Crippen molar-refractivity contribution in [3.05, 3.63) is 32.0 Å². The van der Waals surface area contributed by atoms with Crippen LogP contribution in [-0.4, -0.2) is 14.6 Å². The monoisotopic (exact) mass is 286 g/mol. The van der Waals surface area contributed by atoms with Gasteiger partial charge in [-0.15, -0.1) is 0 Å². The summed E-state index contributed by atoms with van der Waals surface area (Å²) in [4.78, 5) is 13.9. The first-order chi connectivity index (χ1) is 6.20. The highest BCUT2D eigenvalue weighted by Crippen LogP contribution is 2.02. The lowest BCUT2D eigenvalue weighted by Crippen LogP contribution is -2.10. The third kappa shape index (κ3) is 1.31. The van der Waals surface area contributed by atoms with Crippen molar-refractivity contribution in [1.29, 1.82) is 5.26 Å². The van der Waals surface area contributed by atoms with E-state index in [0.29, 0.717) is 9.22 Å². The second-order valence-corrected chi connectivity index (χ2v) is 3.56. The number of halogens is 1. The van der Waals surface area contributed by atoms with E-state index in [1.807, 2.05) is 28.7 Å². The molecule has 2 aromatic heterocycles. The lowest BCUT2D eigenvalue weighted by Gasteiger charge is -1.91. The largest absolute Gasteiger partial charge is 0.314 e. The molecule has 0 aliphatic rings. The molecule has 1 N–H and O–H groups in total. The molecular formula is C7H3IN4O. The lowest BCUT2D eigenvalue weighted by atomic mass is 10.4. The van der Waals surface area contributed by atoms with Crippen LogP contribution in [0.5, 0.6) is 0 Å². The number of hydrogen-bond donors (Lipinski definition) is 1. The molecule has 13 heavy (non-hydrogen) atoms. The Kier molecular flexibility index (Phi) is 1.81. The van der Waals surface area contributed by atoms with E-state index in [4.69, 9.17) is 5.26 Å². The summed E-state index contributed by atoms with van der Waals surface area (Å²) in [6.07, 6.45) is 1.65. The first-order valence-corrected chi connectivity index (χ1v) is 4.47. The van der Waals surface area contributed by atoms with Gasteiger partial charge in [0.1, 0.15) is 11.6 Å². The molecular weight excluding hydrogens is 283 g/mol. The molecule has 6 heteroatoms.